The number of hydrogen-bond donors (Lipinski definition) is 1. The van der Waals surface area contributed by atoms with Crippen LogP contribution < -0.4 is 5.32 Å². The van der Waals surface area contributed by atoms with Gasteiger partial charge in [-0.25, -0.2) is 8.42 Å². The van der Waals surface area contributed by atoms with Gasteiger partial charge in [0, 0.05) is 38.8 Å². The number of nitro benzene ring substituents is 1. The maximum atomic E-state index is 12.8. The Morgan fingerprint density at radius 2 is 1.96 bits per heavy atom. The van der Waals surface area contributed by atoms with Gasteiger partial charge >= 0.3 is 5.97 Å². The van der Waals surface area contributed by atoms with Crippen molar-refractivity contribution in [1.82, 2.24) is 9.21 Å². The van der Waals surface area contributed by atoms with Gasteiger partial charge in [0.1, 0.15) is 5.69 Å². The van der Waals surface area contributed by atoms with Crippen molar-refractivity contribution in [3.63, 3.8) is 0 Å². The number of nitrogens with zero attached hydrogens (tertiary/aromatic N) is 3. The summed E-state index contributed by atoms with van der Waals surface area (Å²) in [6, 6.07) is 3.77. The van der Waals surface area contributed by atoms with E-state index in [1.165, 1.54) is 16.4 Å². The predicted molar refractivity (Wildman–Crippen MR) is 104 cm³/mol. The van der Waals surface area contributed by atoms with Crippen molar-refractivity contribution < 1.29 is 22.9 Å². The lowest BCUT2D eigenvalue weighted by Crippen LogP contribution is -2.47. The van der Waals surface area contributed by atoms with Crippen LogP contribution in [0.5, 0.6) is 0 Å². The number of carbonyl (C=O) groups excluding carboxylic acids is 1. The van der Waals surface area contributed by atoms with E-state index in [1.807, 2.05) is 11.9 Å². The number of likely N-dealkylation sites (N-methyl/N-ethyl adjacent to an activating group) is 1. The zero-order chi connectivity index (χ0) is 20.9. The molecule has 10 nitrogen and oxygen atoms in total. The standard InChI is InChI=1S/C17H26N4O6S/c1-4-27-17(22)13(2)12-18-15-6-5-14(11-16(15)21(23)24)28(25,26)20-9-7-19(3)8-10-20/h5-6,11,13,18H,4,7-10,12H2,1-3H3/t13-/m0/s1. The molecule has 0 saturated carbocycles. The van der Waals surface area contributed by atoms with Gasteiger partial charge in [0.05, 0.1) is 22.3 Å². The second kappa shape index (κ2) is 9.30. The number of ether oxygens (including phenoxy) is 1. The van der Waals surface area contributed by atoms with Gasteiger partial charge in [-0.2, -0.15) is 4.31 Å². The molecule has 1 aromatic rings. The molecule has 0 aliphatic carbocycles. The molecule has 0 radical (unpaired) electrons. The molecule has 28 heavy (non-hydrogen) atoms. The molecule has 11 heteroatoms. The van der Waals surface area contributed by atoms with Crippen LogP contribution in [0.2, 0.25) is 0 Å². The summed E-state index contributed by atoms with van der Waals surface area (Å²) in [5.74, 6) is -0.916. The number of hydrogen-bond acceptors (Lipinski definition) is 8. The van der Waals surface area contributed by atoms with Crippen LogP contribution in [0, 0.1) is 16.0 Å². The lowest BCUT2D eigenvalue weighted by atomic mass is 10.1. The molecule has 0 spiro atoms. The first kappa shape index (κ1) is 22.1. The summed E-state index contributed by atoms with van der Waals surface area (Å²) >= 11 is 0. The van der Waals surface area contributed by atoms with E-state index in [1.54, 1.807) is 13.8 Å². The monoisotopic (exact) mass is 414 g/mol. The third kappa shape index (κ3) is 5.18. The zero-order valence-electron chi connectivity index (χ0n) is 16.3. The molecule has 1 N–H and O–H groups in total. The molecule has 0 unspecified atom stereocenters. The first-order valence-corrected chi connectivity index (χ1v) is 10.5. The Morgan fingerprint density at radius 1 is 1.32 bits per heavy atom. The van der Waals surface area contributed by atoms with Gasteiger partial charge in [0.25, 0.3) is 5.69 Å². The highest BCUT2D eigenvalue weighted by atomic mass is 32.2. The molecule has 1 saturated heterocycles. The van der Waals surface area contributed by atoms with Crippen LogP contribution in [0.3, 0.4) is 0 Å². The van der Waals surface area contributed by atoms with Gasteiger partial charge in [-0.3, -0.25) is 14.9 Å². The fraction of sp³-hybridized carbons (Fsp3) is 0.588. The molecule has 1 heterocycles. The Bertz CT molecular complexity index is 821. The number of sulfonamides is 1. The molecule has 1 atom stereocenters. The van der Waals surface area contributed by atoms with Crippen molar-refractivity contribution in [2.75, 3.05) is 51.7 Å². The summed E-state index contributed by atoms with van der Waals surface area (Å²) in [6.45, 7) is 5.60. The lowest BCUT2D eigenvalue weighted by Gasteiger charge is -2.31. The van der Waals surface area contributed by atoms with Gasteiger partial charge < -0.3 is 15.0 Å². The summed E-state index contributed by atoms with van der Waals surface area (Å²) in [6.07, 6.45) is 0. The molecular formula is C17H26N4O6S. The van der Waals surface area contributed by atoms with E-state index in [4.69, 9.17) is 4.74 Å². The van der Waals surface area contributed by atoms with Crippen LogP contribution in [-0.4, -0.2) is 74.9 Å². The summed E-state index contributed by atoms with van der Waals surface area (Å²) in [5.41, 5.74) is -0.204. The maximum Gasteiger partial charge on any atom is 0.310 e. The molecule has 2 rings (SSSR count). The Hall–Kier alpha value is -2.24. The third-order valence-electron chi connectivity index (χ3n) is 4.55. The number of carbonyl (C=O) groups is 1. The fourth-order valence-electron chi connectivity index (χ4n) is 2.78. The minimum atomic E-state index is -3.81. The number of esters is 1. The molecule has 156 valence electrons. The van der Waals surface area contributed by atoms with Crippen LogP contribution in [0.1, 0.15) is 13.8 Å². The van der Waals surface area contributed by atoms with Crippen molar-refractivity contribution in [2.24, 2.45) is 5.92 Å². The van der Waals surface area contributed by atoms with E-state index < -0.39 is 26.8 Å². The largest absolute Gasteiger partial charge is 0.466 e. The fourth-order valence-corrected chi connectivity index (χ4v) is 4.22. The minimum Gasteiger partial charge on any atom is -0.466 e. The van der Waals surface area contributed by atoms with Gasteiger partial charge in [0.2, 0.25) is 10.0 Å². The molecule has 1 aromatic carbocycles. The Balaban J connectivity index is 2.20. The topological polar surface area (TPSA) is 122 Å². The van der Waals surface area contributed by atoms with Crippen LogP contribution >= 0.6 is 0 Å². The summed E-state index contributed by atoms with van der Waals surface area (Å²) in [5, 5.41) is 14.3. The number of benzene rings is 1. The highest BCUT2D eigenvalue weighted by Gasteiger charge is 2.29. The second-order valence-corrected chi connectivity index (χ2v) is 8.62. The van der Waals surface area contributed by atoms with Crippen LogP contribution in [0.4, 0.5) is 11.4 Å². The van der Waals surface area contributed by atoms with E-state index in [-0.39, 0.29) is 29.4 Å². The molecule has 0 aromatic heterocycles. The average Bonchev–Trinajstić information content (AvgIpc) is 2.66. The maximum absolute atomic E-state index is 12.8. The Morgan fingerprint density at radius 3 is 2.54 bits per heavy atom. The predicted octanol–water partition coefficient (Wildman–Crippen LogP) is 1.14. The quantitative estimate of drug-likeness (QED) is 0.382. The van der Waals surface area contributed by atoms with Crippen molar-refractivity contribution >= 4 is 27.4 Å². The summed E-state index contributed by atoms with van der Waals surface area (Å²) in [4.78, 5) is 24.4. The Labute approximate surface area is 164 Å². The Kier molecular flexibility index (Phi) is 7.33. The highest BCUT2D eigenvalue weighted by Crippen LogP contribution is 2.29. The van der Waals surface area contributed by atoms with Crippen LogP contribution in [0.25, 0.3) is 0 Å². The molecule has 1 aliphatic heterocycles. The summed E-state index contributed by atoms with van der Waals surface area (Å²) < 4.78 is 31.9. The zero-order valence-corrected chi connectivity index (χ0v) is 17.1. The number of rotatable bonds is 8. The number of anilines is 1. The van der Waals surface area contributed by atoms with Crippen LogP contribution in [0.15, 0.2) is 23.1 Å². The molecule has 1 aliphatic rings. The van der Waals surface area contributed by atoms with E-state index in [0.717, 1.165) is 6.07 Å². The number of nitrogens with one attached hydrogen (secondary N) is 1. The smallest absolute Gasteiger partial charge is 0.310 e. The normalized spacial score (nSPS) is 17.1. The number of nitro groups is 1. The second-order valence-electron chi connectivity index (χ2n) is 6.68. The SMILES string of the molecule is CCOC(=O)[C@@H](C)CNc1ccc(S(=O)(=O)N2CCN(C)CC2)cc1[N+](=O)[O-]. The molecule has 1 fully saturated rings. The minimum absolute atomic E-state index is 0.118. The molecular weight excluding hydrogens is 388 g/mol. The average molecular weight is 414 g/mol. The van der Waals surface area contributed by atoms with E-state index in [2.05, 4.69) is 5.32 Å². The van der Waals surface area contributed by atoms with Gasteiger partial charge in [-0.1, -0.05) is 6.92 Å². The van der Waals surface area contributed by atoms with Crippen LogP contribution in [-0.2, 0) is 19.6 Å². The van der Waals surface area contributed by atoms with Gasteiger partial charge in [0.15, 0.2) is 0 Å². The van der Waals surface area contributed by atoms with E-state index in [0.29, 0.717) is 26.2 Å². The highest BCUT2D eigenvalue weighted by molar-refractivity contribution is 7.89. The van der Waals surface area contributed by atoms with Gasteiger partial charge in [-0.05, 0) is 26.1 Å². The number of piperazine rings is 1. The van der Waals surface area contributed by atoms with Crippen molar-refractivity contribution in [3.8, 4) is 0 Å². The van der Waals surface area contributed by atoms with Crippen molar-refractivity contribution in [1.29, 1.82) is 0 Å². The molecule has 0 bridgehead atoms. The molecule has 0 amide bonds. The van der Waals surface area contributed by atoms with Crippen molar-refractivity contribution in [3.05, 3.63) is 28.3 Å². The first-order valence-electron chi connectivity index (χ1n) is 9.04. The third-order valence-corrected chi connectivity index (χ3v) is 6.45. The first-order chi connectivity index (χ1) is 13.2. The summed E-state index contributed by atoms with van der Waals surface area (Å²) in [7, 11) is -1.90. The van der Waals surface area contributed by atoms with Crippen molar-refractivity contribution in [2.45, 2.75) is 18.7 Å². The van der Waals surface area contributed by atoms with Gasteiger partial charge in [-0.15, -0.1) is 0 Å². The van der Waals surface area contributed by atoms with E-state index >= 15 is 0 Å². The lowest BCUT2D eigenvalue weighted by molar-refractivity contribution is -0.384. The van der Waals surface area contributed by atoms with E-state index in [9.17, 15) is 23.3 Å².